The third kappa shape index (κ3) is 0.532. The topological polar surface area (TPSA) is 55.9 Å². The number of hydrogen-bond donors (Lipinski definition) is 0. The molecule has 8 unspecified atom stereocenters. The van der Waals surface area contributed by atoms with E-state index in [0.29, 0.717) is 11.8 Å². The molecule has 0 radical (unpaired) electrons. The molecule has 2 heterocycles. The maximum absolute atomic E-state index is 12.5. The first-order chi connectivity index (χ1) is 8.72. The molecule has 4 heteroatoms. The first-order valence-electron chi connectivity index (χ1n) is 7.14. The Balaban J connectivity index is 1.73. The van der Waals surface area contributed by atoms with E-state index in [9.17, 15) is 9.59 Å². The molecular formula is C14H14O4. The fourth-order valence-electron chi connectivity index (χ4n) is 7.15. The number of esters is 2. The number of cyclic esters (lactones) is 2. The zero-order valence-electron chi connectivity index (χ0n) is 9.93. The Morgan fingerprint density at radius 2 is 1.44 bits per heavy atom. The second-order valence-corrected chi connectivity index (χ2v) is 7.14. The minimum Gasteiger partial charge on any atom is -0.392 e. The van der Waals surface area contributed by atoms with Crippen molar-refractivity contribution in [2.24, 2.45) is 34.5 Å². The Morgan fingerprint density at radius 1 is 0.889 bits per heavy atom. The van der Waals surface area contributed by atoms with Crippen LogP contribution >= 0.6 is 0 Å². The van der Waals surface area contributed by atoms with Crippen molar-refractivity contribution in [3.8, 4) is 0 Å². The SMILES string of the molecule is O=C1OC(=O)C23C4CCC(C4)C12C1CC3C2OC21. The smallest absolute Gasteiger partial charge is 0.321 e. The monoisotopic (exact) mass is 246 g/mol. The van der Waals surface area contributed by atoms with E-state index in [0.717, 1.165) is 25.7 Å². The van der Waals surface area contributed by atoms with Crippen molar-refractivity contribution in [3.05, 3.63) is 0 Å². The van der Waals surface area contributed by atoms with Gasteiger partial charge in [-0.05, 0) is 37.5 Å². The quantitative estimate of drug-likeness (QED) is 0.362. The van der Waals surface area contributed by atoms with E-state index in [4.69, 9.17) is 9.47 Å². The second-order valence-electron chi connectivity index (χ2n) is 7.14. The normalized spacial score (nSPS) is 69.1. The molecule has 4 saturated carbocycles. The molecule has 0 spiro atoms. The van der Waals surface area contributed by atoms with Gasteiger partial charge in [-0.1, -0.05) is 0 Å². The Hall–Kier alpha value is -0.900. The summed E-state index contributed by atoms with van der Waals surface area (Å²) in [6.45, 7) is 0. The van der Waals surface area contributed by atoms with Crippen LogP contribution in [0.1, 0.15) is 25.7 Å². The lowest BCUT2D eigenvalue weighted by molar-refractivity contribution is -0.159. The van der Waals surface area contributed by atoms with Crippen LogP contribution in [0.3, 0.4) is 0 Å². The Kier molecular flexibility index (Phi) is 1.10. The van der Waals surface area contributed by atoms with Crippen LogP contribution in [0.25, 0.3) is 0 Å². The van der Waals surface area contributed by atoms with Crippen LogP contribution in [0, 0.1) is 34.5 Å². The molecule has 8 atom stereocenters. The summed E-state index contributed by atoms with van der Waals surface area (Å²) >= 11 is 0. The highest BCUT2D eigenvalue weighted by Crippen LogP contribution is 2.85. The number of carbonyl (C=O) groups is 2. The van der Waals surface area contributed by atoms with Crippen molar-refractivity contribution in [3.63, 3.8) is 0 Å². The Morgan fingerprint density at radius 3 is 2.00 bits per heavy atom. The fraction of sp³-hybridized carbons (Fsp3) is 0.857. The molecule has 0 amide bonds. The summed E-state index contributed by atoms with van der Waals surface area (Å²) in [5.74, 6) is 0.953. The molecule has 4 aliphatic carbocycles. The largest absolute Gasteiger partial charge is 0.392 e. The lowest BCUT2D eigenvalue weighted by atomic mass is 9.51. The molecule has 6 aliphatic rings. The highest BCUT2D eigenvalue weighted by molar-refractivity contribution is 6.05. The van der Waals surface area contributed by atoms with Gasteiger partial charge in [0.25, 0.3) is 0 Å². The number of carbonyl (C=O) groups excluding carboxylic acids is 2. The summed E-state index contributed by atoms with van der Waals surface area (Å²) in [6, 6.07) is 0. The summed E-state index contributed by atoms with van der Waals surface area (Å²) < 4.78 is 10.9. The third-order valence-corrected chi connectivity index (χ3v) is 7.30. The van der Waals surface area contributed by atoms with Crippen LogP contribution in [-0.2, 0) is 19.1 Å². The van der Waals surface area contributed by atoms with Gasteiger partial charge in [0.15, 0.2) is 0 Å². The zero-order valence-corrected chi connectivity index (χ0v) is 9.93. The summed E-state index contributed by atoms with van der Waals surface area (Å²) in [5.41, 5.74) is -0.926. The standard InChI is InChI=1S/C14H14O4/c15-11-13-5-1-2-6(3-5)14(13,12(16)18-11)8-4-7(13)9-10(8)17-9/h5-10H,1-4H2. The molecule has 0 aromatic carbocycles. The maximum atomic E-state index is 12.5. The molecule has 18 heavy (non-hydrogen) atoms. The summed E-state index contributed by atoms with van der Waals surface area (Å²) in [6.07, 6.45) is 4.85. The van der Waals surface area contributed by atoms with E-state index in [1.165, 1.54) is 0 Å². The van der Waals surface area contributed by atoms with Gasteiger partial charge in [0.1, 0.15) is 0 Å². The summed E-state index contributed by atoms with van der Waals surface area (Å²) in [7, 11) is 0. The van der Waals surface area contributed by atoms with Gasteiger partial charge in [-0.2, -0.15) is 0 Å². The lowest BCUT2D eigenvalue weighted by Gasteiger charge is -2.44. The predicted octanol–water partition coefficient (Wildman–Crippen LogP) is 0.890. The van der Waals surface area contributed by atoms with Gasteiger partial charge < -0.3 is 9.47 Å². The van der Waals surface area contributed by atoms with E-state index >= 15 is 0 Å². The highest BCUT2D eigenvalue weighted by Gasteiger charge is 2.93. The van der Waals surface area contributed by atoms with E-state index in [1.807, 2.05) is 0 Å². The minimum absolute atomic E-state index is 0.193. The van der Waals surface area contributed by atoms with Crippen LogP contribution in [0.15, 0.2) is 0 Å². The van der Waals surface area contributed by atoms with Crippen LogP contribution in [0.2, 0.25) is 0 Å². The first kappa shape index (κ1) is 9.08. The zero-order chi connectivity index (χ0) is 11.9. The molecule has 94 valence electrons. The summed E-state index contributed by atoms with van der Waals surface area (Å²) in [4.78, 5) is 25.0. The predicted molar refractivity (Wildman–Crippen MR) is 57.1 cm³/mol. The van der Waals surface area contributed by atoms with Crippen molar-refractivity contribution in [2.45, 2.75) is 37.9 Å². The van der Waals surface area contributed by atoms with Crippen LogP contribution < -0.4 is 0 Å². The second kappa shape index (κ2) is 2.17. The molecule has 6 fully saturated rings. The van der Waals surface area contributed by atoms with Crippen LogP contribution in [0.4, 0.5) is 0 Å². The minimum atomic E-state index is -0.463. The highest BCUT2D eigenvalue weighted by atomic mass is 16.6. The van der Waals surface area contributed by atoms with Gasteiger partial charge in [0.2, 0.25) is 0 Å². The van der Waals surface area contributed by atoms with E-state index in [-0.39, 0.29) is 36.0 Å². The van der Waals surface area contributed by atoms with E-state index in [1.54, 1.807) is 0 Å². The molecule has 4 nitrogen and oxygen atoms in total. The van der Waals surface area contributed by atoms with Gasteiger partial charge in [-0.3, -0.25) is 9.59 Å². The van der Waals surface area contributed by atoms with Crippen molar-refractivity contribution in [1.82, 2.24) is 0 Å². The van der Waals surface area contributed by atoms with Crippen molar-refractivity contribution < 1.29 is 19.1 Å². The average molecular weight is 246 g/mol. The molecule has 2 aliphatic heterocycles. The average Bonchev–Trinajstić information content (AvgIpc) is 2.78. The van der Waals surface area contributed by atoms with Crippen molar-refractivity contribution in [2.75, 3.05) is 0 Å². The van der Waals surface area contributed by atoms with Gasteiger partial charge in [0, 0.05) is 11.8 Å². The van der Waals surface area contributed by atoms with Crippen LogP contribution in [-0.4, -0.2) is 24.1 Å². The van der Waals surface area contributed by atoms with Crippen molar-refractivity contribution >= 4 is 11.9 Å². The molecule has 0 N–H and O–H groups in total. The van der Waals surface area contributed by atoms with Gasteiger partial charge in [0.05, 0.1) is 23.0 Å². The maximum Gasteiger partial charge on any atom is 0.321 e. The van der Waals surface area contributed by atoms with Gasteiger partial charge in [-0.25, -0.2) is 0 Å². The first-order valence-corrected chi connectivity index (χ1v) is 7.14. The molecular weight excluding hydrogens is 232 g/mol. The number of ether oxygens (including phenoxy) is 2. The molecule has 0 aromatic heterocycles. The Labute approximate surface area is 104 Å². The summed E-state index contributed by atoms with van der Waals surface area (Å²) in [5, 5.41) is 0. The van der Waals surface area contributed by atoms with E-state index in [2.05, 4.69) is 0 Å². The third-order valence-electron chi connectivity index (χ3n) is 7.30. The molecule has 2 saturated heterocycles. The number of fused-ring (bicyclic) bond motifs is 7. The number of hydrogen-bond acceptors (Lipinski definition) is 4. The van der Waals surface area contributed by atoms with Gasteiger partial charge in [-0.15, -0.1) is 0 Å². The number of epoxide rings is 1. The fourth-order valence-corrected chi connectivity index (χ4v) is 7.15. The van der Waals surface area contributed by atoms with Gasteiger partial charge >= 0.3 is 11.9 Å². The number of rotatable bonds is 0. The molecule has 6 rings (SSSR count). The van der Waals surface area contributed by atoms with E-state index < -0.39 is 10.8 Å². The molecule has 4 bridgehead atoms. The van der Waals surface area contributed by atoms with Crippen LogP contribution in [0.5, 0.6) is 0 Å². The Bertz CT molecular complexity index is 498. The lowest BCUT2D eigenvalue weighted by Crippen LogP contribution is -2.55. The molecule has 0 aromatic rings. The van der Waals surface area contributed by atoms with Crippen molar-refractivity contribution in [1.29, 1.82) is 0 Å².